The fourth-order valence-corrected chi connectivity index (χ4v) is 1.73. The van der Waals surface area contributed by atoms with Crippen molar-refractivity contribution in [3.8, 4) is 0 Å². The van der Waals surface area contributed by atoms with Crippen LogP contribution in [0, 0.1) is 0 Å². The molecule has 1 aliphatic heterocycles. The highest BCUT2D eigenvalue weighted by Gasteiger charge is 2.29. The lowest BCUT2D eigenvalue weighted by Crippen LogP contribution is -2.35. The summed E-state index contributed by atoms with van der Waals surface area (Å²) in [6, 6.07) is 0.428. The molecule has 1 heterocycles. The van der Waals surface area contributed by atoms with E-state index in [1.165, 1.54) is 0 Å². The number of rotatable bonds is 3. The zero-order valence-electron chi connectivity index (χ0n) is 8.29. The lowest BCUT2D eigenvalue weighted by atomic mass is 10.2. The molecule has 4 heteroatoms. The van der Waals surface area contributed by atoms with E-state index in [4.69, 9.17) is 5.11 Å². The first-order valence-electron chi connectivity index (χ1n) is 4.77. The number of carbonyl (C=O) groups is 1. The molecular weight excluding hydrogens is 168 g/mol. The second kappa shape index (κ2) is 4.58. The summed E-state index contributed by atoms with van der Waals surface area (Å²) in [6.45, 7) is 2.86. The lowest BCUT2D eigenvalue weighted by Gasteiger charge is -2.15. The summed E-state index contributed by atoms with van der Waals surface area (Å²) in [5, 5.41) is 11.9. The van der Waals surface area contributed by atoms with Gasteiger partial charge in [-0.3, -0.25) is 9.69 Å². The highest BCUT2D eigenvalue weighted by Crippen LogP contribution is 2.14. The van der Waals surface area contributed by atoms with Crippen LogP contribution in [0.3, 0.4) is 0 Å². The van der Waals surface area contributed by atoms with E-state index in [9.17, 15) is 4.79 Å². The van der Waals surface area contributed by atoms with E-state index in [2.05, 4.69) is 10.2 Å². The van der Waals surface area contributed by atoms with Gasteiger partial charge in [0.1, 0.15) is 0 Å². The maximum absolute atomic E-state index is 11.1. The molecule has 0 aromatic heterocycles. The normalized spacial score (nSPS) is 29.2. The molecular formula is C9H18N2O2. The van der Waals surface area contributed by atoms with Crippen LogP contribution in [0.5, 0.6) is 0 Å². The molecule has 0 bridgehead atoms. The third-order valence-electron chi connectivity index (χ3n) is 2.59. The topological polar surface area (TPSA) is 52.6 Å². The number of amides is 1. The molecule has 0 spiro atoms. The quantitative estimate of drug-likeness (QED) is 0.629. The van der Waals surface area contributed by atoms with E-state index >= 15 is 0 Å². The third-order valence-corrected chi connectivity index (χ3v) is 2.59. The molecule has 0 aliphatic carbocycles. The van der Waals surface area contributed by atoms with E-state index in [0.29, 0.717) is 6.42 Å². The van der Waals surface area contributed by atoms with Gasteiger partial charge in [-0.05, 0) is 13.5 Å². The summed E-state index contributed by atoms with van der Waals surface area (Å²) in [5.41, 5.74) is 0. The molecule has 2 N–H and O–H groups in total. The van der Waals surface area contributed by atoms with Crippen molar-refractivity contribution in [1.82, 2.24) is 10.2 Å². The van der Waals surface area contributed by atoms with Gasteiger partial charge in [0, 0.05) is 25.0 Å². The van der Waals surface area contributed by atoms with Crippen LogP contribution in [-0.4, -0.2) is 48.2 Å². The Labute approximate surface area is 78.9 Å². The zero-order valence-corrected chi connectivity index (χ0v) is 8.29. The summed E-state index contributed by atoms with van der Waals surface area (Å²) in [5.74, 6) is 0.0944. The number of aliphatic hydroxyl groups is 1. The van der Waals surface area contributed by atoms with Crippen molar-refractivity contribution in [3.63, 3.8) is 0 Å². The Kier molecular flexibility index (Phi) is 3.69. The standard InChI is InChI=1S/C9H18N2O2/c1-3-9(13)10-7-4-8(6-12)11(2)5-7/h7-8,12H,3-6H2,1-2H3,(H,10,13)/t7-,8-/m0/s1. The second-order valence-corrected chi connectivity index (χ2v) is 3.63. The minimum Gasteiger partial charge on any atom is -0.395 e. The van der Waals surface area contributed by atoms with Gasteiger partial charge in [-0.1, -0.05) is 6.92 Å². The first-order valence-corrected chi connectivity index (χ1v) is 4.77. The van der Waals surface area contributed by atoms with Crippen LogP contribution in [0.1, 0.15) is 19.8 Å². The molecule has 1 saturated heterocycles. The first kappa shape index (κ1) is 10.5. The number of nitrogens with one attached hydrogen (secondary N) is 1. The Balaban J connectivity index is 2.35. The average Bonchev–Trinajstić information content (AvgIpc) is 2.46. The fourth-order valence-electron chi connectivity index (χ4n) is 1.73. The van der Waals surface area contributed by atoms with Crippen molar-refractivity contribution in [2.75, 3.05) is 20.2 Å². The highest BCUT2D eigenvalue weighted by atomic mass is 16.3. The first-order chi connectivity index (χ1) is 6.17. The van der Waals surface area contributed by atoms with Crippen molar-refractivity contribution in [2.45, 2.75) is 31.8 Å². The second-order valence-electron chi connectivity index (χ2n) is 3.63. The Hall–Kier alpha value is -0.610. The molecule has 0 aromatic carbocycles. The van der Waals surface area contributed by atoms with Crippen LogP contribution in [0.15, 0.2) is 0 Å². The van der Waals surface area contributed by atoms with Crippen molar-refractivity contribution in [1.29, 1.82) is 0 Å². The molecule has 4 nitrogen and oxygen atoms in total. The van der Waals surface area contributed by atoms with Crippen LogP contribution in [0.25, 0.3) is 0 Å². The maximum Gasteiger partial charge on any atom is 0.219 e. The zero-order chi connectivity index (χ0) is 9.84. The molecule has 0 radical (unpaired) electrons. The van der Waals surface area contributed by atoms with Gasteiger partial charge < -0.3 is 10.4 Å². The van der Waals surface area contributed by atoms with Crippen LogP contribution in [-0.2, 0) is 4.79 Å². The molecule has 1 aliphatic rings. The summed E-state index contributed by atoms with van der Waals surface area (Å²) in [6.07, 6.45) is 1.39. The average molecular weight is 186 g/mol. The molecule has 0 aromatic rings. The highest BCUT2D eigenvalue weighted by molar-refractivity contribution is 5.75. The minimum atomic E-state index is 0.0944. The van der Waals surface area contributed by atoms with E-state index < -0.39 is 0 Å². The van der Waals surface area contributed by atoms with Crippen molar-refractivity contribution in [2.24, 2.45) is 0 Å². The summed E-state index contributed by atoms with van der Waals surface area (Å²) in [4.78, 5) is 13.2. The smallest absolute Gasteiger partial charge is 0.219 e. The Morgan fingerprint density at radius 2 is 2.38 bits per heavy atom. The maximum atomic E-state index is 11.1. The van der Waals surface area contributed by atoms with Gasteiger partial charge in [0.25, 0.3) is 0 Å². The van der Waals surface area contributed by atoms with Crippen LogP contribution >= 0.6 is 0 Å². The van der Waals surface area contributed by atoms with Crippen molar-refractivity contribution >= 4 is 5.91 Å². The number of nitrogens with zero attached hydrogens (tertiary/aromatic N) is 1. The number of hydrogen-bond acceptors (Lipinski definition) is 3. The van der Waals surface area contributed by atoms with E-state index in [0.717, 1.165) is 13.0 Å². The number of carbonyl (C=O) groups excluding carboxylic acids is 1. The fraction of sp³-hybridized carbons (Fsp3) is 0.889. The molecule has 13 heavy (non-hydrogen) atoms. The monoisotopic (exact) mass is 186 g/mol. The van der Waals surface area contributed by atoms with Crippen LogP contribution in [0.2, 0.25) is 0 Å². The Morgan fingerprint density at radius 3 is 2.85 bits per heavy atom. The SMILES string of the molecule is CCC(=O)N[C@H]1C[C@@H](CO)N(C)C1. The van der Waals surface area contributed by atoms with Crippen LogP contribution < -0.4 is 5.32 Å². The van der Waals surface area contributed by atoms with E-state index in [1.807, 2.05) is 14.0 Å². The summed E-state index contributed by atoms with van der Waals surface area (Å²) >= 11 is 0. The van der Waals surface area contributed by atoms with Gasteiger partial charge in [0.15, 0.2) is 0 Å². The third kappa shape index (κ3) is 2.67. The number of aliphatic hydroxyl groups excluding tert-OH is 1. The Morgan fingerprint density at radius 1 is 1.69 bits per heavy atom. The summed E-state index contributed by atoms with van der Waals surface area (Å²) in [7, 11) is 1.97. The molecule has 1 fully saturated rings. The van der Waals surface area contributed by atoms with Gasteiger partial charge in [0.05, 0.1) is 6.61 Å². The molecule has 0 unspecified atom stereocenters. The van der Waals surface area contributed by atoms with Gasteiger partial charge in [0.2, 0.25) is 5.91 Å². The number of likely N-dealkylation sites (tertiary alicyclic amines) is 1. The minimum absolute atomic E-state index is 0.0944. The van der Waals surface area contributed by atoms with Crippen molar-refractivity contribution < 1.29 is 9.90 Å². The van der Waals surface area contributed by atoms with Gasteiger partial charge in [-0.2, -0.15) is 0 Å². The van der Waals surface area contributed by atoms with Gasteiger partial charge in [-0.25, -0.2) is 0 Å². The predicted molar refractivity (Wildman–Crippen MR) is 50.3 cm³/mol. The molecule has 76 valence electrons. The van der Waals surface area contributed by atoms with Crippen molar-refractivity contribution in [3.05, 3.63) is 0 Å². The van der Waals surface area contributed by atoms with E-state index in [-0.39, 0.29) is 24.6 Å². The number of likely N-dealkylation sites (N-methyl/N-ethyl adjacent to an activating group) is 1. The molecule has 1 rings (SSSR count). The molecule has 2 atom stereocenters. The summed E-state index contributed by atoms with van der Waals surface area (Å²) < 4.78 is 0. The van der Waals surface area contributed by atoms with Crippen LogP contribution in [0.4, 0.5) is 0 Å². The van der Waals surface area contributed by atoms with E-state index in [1.54, 1.807) is 0 Å². The van der Waals surface area contributed by atoms with Gasteiger partial charge >= 0.3 is 0 Å². The molecule has 0 saturated carbocycles. The Bertz CT molecular complexity index is 184. The number of hydrogen-bond donors (Lipinski definition) is 2. The largest absolute Gasteiger partial charge is 0.395 e. The predicted octanol–water partition coefficient (Wildman–Crippen LogP) is -0.422. The molecule has 1 amide bonds. The van der Waals surface area contributed by atoms with Gasteiger partial charge in [-0.15, -0.1) is 0 Å². The lowest BCUT2D eigenvalue weighted by molar-refractivity contribution is -0.121.